The fraction of sp³-hybridized carbons (Fsp3) is 0.368. The Labute approximate surface area is 244 Å². The predicted molar refractivity (Wildman–Crippen MR) is 138 cm³/mol. The molecule has 0 radical (unpaired) electrons. The summed E-state index contributed by atoms with van der Waals surface area (Å²) in [7, 11) is 0. The molecule has 3 amide bonds. The van der Waals surface area contributed by atoms with Crippen LogP contribution in [0.25, 0.3) is 0 Å². The molecule has 1 fully saturated rings. The molecule has 3 heterocycles. The van der Waals surface area contributed by atoms with Gasteiger partial charge < -0.3 is 41.7 Å². The summed E-state index contributed by atoms with van der Waals surface area (Å²) in [5, 5.41) is 32.3. The molecular formula is C19H19F3N6O11S3. The average Bonchev–Trinajstić information content (AvgIpc) is 3.32. The number of amides is 3. The van der Waals surface area contributed by atoms with E-state index >= 15 is 0 Å². The van der Waals surface area contributed by atoms with E-state index in [0.717, 1.165) is 28.0 Å². The van der Waals surface area contributed by atoms with Crippen LogP contribution < -0.4 is 16.8 Å². The summed E-state index contributed by atoms with van der Waals surface area (Å²) >= 11 is 3.34. The predicted octanol–water partition coefficient (Wildman–Crippen LogP) is -0.311. The van der Waals surface area contributed by atoms with Crippen LogP contribution in [0.15, 0.2) is 21.1 Å². The molecule has 42 heavy (non-hydrogen) atoms. The number of carbonyl (C=O) groups excluding carboxylic acids is 3. The van der Waals surface area contributed by atoms with Crippen LogP contribution >= 0.6 is 34.9 Å². The summed E-state index contributed by atoms with van der Waals surface area (Å²) in [5.41, 5.74) is 9.87. The van der Waals surface area contributed by atoms with Crippen molar-refractivity contribution in [3.63, 3.8) is 0 Å². The van der Waals surface area contributed by atoms with Gasteiger partial charge in [-0.05, 0) is 0 Å². The number of rotatable bonds is 11. The zero-order valence-electron chi connectivity index (χ0n) is 20.5. The van der Waals surface area contributed by atoms with Crippen LogP contribution in [-0.4, -0.2) is 109 Å². The Balaban J connectivity index is 0.000000782. The van der Waals surface area contributed by atoms with Gasteiger partial charge in [0, 0.05) is 21.8 Å². The van der Waals surface area contributed by atoms with Crippen LogP contribution in [0.4, 0.5) is 23.1 Å². The van der Waals surface area contributed by atoms with Gasteiger partial charge >= 0.3 is 30.2 Å². The first kappa shape index (κ1) is 34.0. The number of nitrogens with one attached hydrogen (secondary N) is 1. The Bertz CT molecular complexity index is 1320. The third kappa shape index (κ3) is 9.13. The van der Waals surface area contributed by atoms with Crippen molar-refractivity contribution < 1.29 is 66.8 Å². The summed E-state index contributed by atoms with van der Waals surface area (Å²) in [6, 6.07) is -1.08. The third-order valence-electron chi connectivity index (χ3n) is 4.59. The van der Waals surface area contributed by atoms with E-state index in [-0.39, 0.29) is 34.6 Å². The molecular weight excluding hydrogens is 641 g/mol. The zero-order valence-corrected chi connectivity index (χ0v) is 23.0. The lowest BCUT2D eigenvalue weighted by molar-refractivity contribution is -0.192. The fourth-order valence-electron chi connectivity index (χ4n) is 2.97. The molecule has 17 nitrogen and oxygen atoms in total. The van der Waals surface area contributed by atoms with E-state index in [1.165, 1.54) is 17.1 Å². The van der Waals surface area contributed by atoms with Crippen molar-refractivity contribution in [1.29, 1.82) is 0 Å². The van der Waals surface area contributed by atoms with E-state index in [0.29, 0.717) is 4.91 Å². The number of aromatic nitrogens is 1. The van der Waals surface area contributed by atoms with Gasteiger partial charge in [-0.25, -0.2) is 24.2 Å². The molecule has 2 aliphatic heterocycles. The number of anilines is 1. The number of hydrogen-bond donors (Lipinski definition) is 6. The number of halogens is 3. The maximum absolute atomic E-state index is 12.9. The van der Waals surface area contributed by atoms with Crippen molar-refractivity contribution in [2.24, 2.45) is 10.9 Å². The molecule has 230 valence electrons. The van der Waals surface area contributed by atoms with E-state index in [9.17, 15) is 42.3 Å². The first-order valence-electron chi connectivity index (χ1n) is 10.7. The average molecular weight is 661 g/mol. The number of thiazole rings is 1. The van der Waals surface area contributed by atoms with E-state index in [1.54, 1.807) is 0 Å². The summed E-state index contributed by atoms with van der Waals surface area (Å²) in [4.78, 5) is 77.8. The van der Waals surface area contributed by atoms with E-state index in [1.807, 2.05) is 0 Å². The van der Waals surface area contributed by atoms with Crippen molar-refractivity contribution in [2.45, 2.75) is 17.6 Å². The highest BCUT2D eigenvalue weighted by Gasteiger charge is 2.54. The molecule has 0 saturated carbocycles. The molecule has 0 aromatic carbocycles. The Hall–Kier alpha value is -4.25. The number of carbonyl (C=O) groups is 6. The SMILES string of the molecule is NC(=O)OCCSC1=C(C(=O)O)N2C(=O)[C@@H](NC(=O)/C(=N\OCC(=O)O)c3csc(N)n3)[C@@H]2SC1.O=C(O)C(F)(F)F. The number of nitrogens with two attached hydrogens (primary N) is 2. The number of hydrogen-bond acceptors (Lipinski definition) is 14. The van der Waals surface area contributed by atoms with Crippen LogP contribution in [-0.2, 0) is 33.5 Å². The van der Waals surface area contributed by atoms with Gasteiger partial charge in [0.2, 0.25) is 6.61 Å². The number of carboxylic acids is 3. The Morgan fingerprint density at radius 1 is 1.24 bits per heavy atom. The van der Waals surface area contributed by atoms with Gasteiger partial charge in [-0.3, -0.25) is 14.5 Å². The lowest BCUT2D eigenvalue weighted by Gasteiger charge is -2.49. The lowest BCUT2D eigenvalue weighted by atomic mass is 10.0. The zero-order chi connectivity index (χ0) is 31.8. The second-order valence-corrected chi connectivity index (χ2v) is 10.6. The Kier molecular flexibility index (Phi) is 11.8. The van der Waals surface area contributed by atoms with Gasteiger partial charge in [-0.2, -0.15) is 13.2 Å². The molecule has 0 bridgehead atoms. The molecule has 2 aliphatic rings. The molecule has 3 rings (SSSR count). The molecule has 0 spiro atoms. The number of nitrogen functional groups attached to an aromatic ring is 1. The highest BCUT2D eigenvalue weighted by Crippen LogP contribution is 2.43. The van der Waals surface area contributed by atoms with Crippen LogP contribution in [0.2, 0.25) is 0 Å². The second-order valence-electron chi connectivity index (χ2n) is 7.43. The maximum Gasteiger partial charge on any atom is 0.490 e. The quantitative estimate of drug-likeness (QED) is 0.0768. The summed E-state index contributed by atoms with van der Waals surface area (Å²) < 4.78 is 36.4. The smallest absolute Gasteiger partial charge is 0.479 e. The molecule has 1 aromatic rings. The Morgan fingerprint density at radius 2 is 1.88 bits per heavy atom. The maximum atomic E-state index is 12.9. The highest BCUT2D eigenvalue weighted by molar-refractivity contribution is 8.06. The van der Waals surface area contributed by atoms with Gasteiger partial charge in [0.15, 0.2) is 10.8 Å². The van der Waals surface area contributed by atoms with Crippen molar-refractivity contribution in [1.82, 2.24) is 15.2 Å². The van der Waals surface area contributed by atoms with E-state index in [2.05, 4.69) is 25.0 Å². The van der Waals surface area contributed by atoms with Crippen molar-refractivity contribution in [2.75, 3.05) is 30.5 Å². The van der Waals surface area contributed by atoms with Crippen molar-refractivity contribution in [3.05, 3.63) is 21.7 Å². The molecule has 8 N–H and O–H groups in total. The van der Waals surface area contributed by atoms with Crippen LogP contribution in [0.3, 0.4) is 0 Å². The Morgan fingerprint density at radius 3 is 2.38 bits per heavy atom. The van der Waals surface area contributed by atoms with E-state index in [4.69, 9.17) is 26.5 Å². The molecule has 0 unspecified atom stereocenters. The lowest BCUT2D eigenvalue weighted by Crippen LogP contribution is -2.71. The summed E-state index contributed by atoms with van der Waals surface area (Å²) in [6.45, 7) is -0.854. The minimum atomic E-state index is -5.08. The largest absolute Gasteiger partial charge is 0.490 e. The van der Waals surface area contributed by atoms with Gasteiger partial charge in [-0.15, -0.1) is 34.9 Å². The number of β-lactam (4-membered cyclic amide) rings is 1. The van der Waals surface area contributed by atoms with Gasteiger partial charge in [-0.1, -0.05) is 5.16 Å². The number of oxime groups is 1. The van der Waals surface area contributed by atoms with Crippen LogP contribution in [0.5, 0.6) is 0 Å². The first-order chi connectivity index (χ1) is 19.5. The second kappa shape index (κ2) is 14.6. The summed E-state index contributed by atoms with van der Waals surface area (Å²) in [5.74, 6) is -6.49. The van der Waals surface area contributed by atoms with Gasteiger partial charge in [0.05, 0.1) is 0 Å². The monoisotopic (exact) mass is 660 g/mol. The highest BCUT2D eigenvalue weighted by atomic mass is 32.2. The fourth-order valence-corrected chi connectivity index (χ4v) is 5.99. The molecule has 1 aromatic heterocycles. The number of thioether (sulfide) groups is 2. The number of fused-ring (bicyclic) bond motifs is 1. The van der Waals surface area contributed by atoms with Crippen molar-refractivity contribution >= 4 is 81.5 Å². The first-order valence-corrected chi connectivity index (χ1v) is 13.7. The molecule has 2 atom stereocenters. The van der Waals surface area contributed by atoms with Gasteiger partial charge in [0.1, 0.15) is 29.4 Å². The number of primary amides is 1. The van der Waals surface area contributed by atoms with Crippen molar-refractivity contribution in [3.8, 4) is 0 Å². The minimum Gasteiger partial charge on any atom is -0.479 e. The number of aliphatic carboxylic acids is 3. The normalized spacial score (nSPS) is 18.1. The summed E-state index contributed by atoms with van der Waals surface area (Å²) in [6.07, 6.45) is -6.04. The molecule has 1 saturated heterocycles. The standard InChI is InChI=1S/C17H18N6O9S3.C2HF3O2/c18-16-20-6(4-35-16)9(22-32-3-8(24)25)12(26)21-10-13(27)23-11(15(28)29)7(5-34-14(10)23)33-2-1-31-17(19)30;3-2(4,5)1(6)7/h4,10,14H,1-3,5H2,(H2,18,20)(H2,19,30)(H,21,26)(H,24,25)(H,28,29);(H,6,7)/b22-9-;/t10-,14+;/m1./s1. The van der Waals surface area contributed by atoms with E-state index < -0.39 is 65.7 Å². The topological polar surface area (TPSA) is 274 Å². The molecule has 0 aliphatic carbocycles. The van der Waals surface area contributed by atoms with Gasteiger partial charge in [0.25, 0.3) is 11.8 Å². The third-order valence-corrected chi connectivity index (χ3v) is 7.79. The molecule has 23 heteroatoms. The number of alkyl halides is 3. The van der Waals surface area contributed by atoms with Crippen LogP contribution in [0.1, 0.15) is 5.69 Å². The number of nitrogens with zero attached hydrogens (tertiary/aromatic N) is 3. The van der Waals surface area contributed by atoms with Crippen LogP contribution in [0, 0.1) is 0 Å². The minimum absolute atomic E-state index is 0.0123. The number of ether oxygens (including phenoxy) is 1. The number of carboxylic acid groups (broad SMARTS) is 3.